The highest BCUT2D eigenvalue weighted by atomic mass is 79.9. The third kappa shape index (κ3) is 2.55. The molecule has 1 fully saturated rings. The Balaban J connectivity index is 2.17. The maximum absolute atomic E-state index is 6.41. The van der Waals surface area contributed by atoms with Gasteiger partial charge in [-0.25, -0.2) is 4.98 Å². The number of halogens is 1. The molecule has 0 bridgehead atoms. The quantitative estimate of drug-likeness (QED) is 0.891. The van der Waals surface area contributed by atoms with E-state index in [4.69, 9.17) is 15.5 Å². The van der Waals surface area contributed by atoms with Gasteiger partial charge in [-0.05, 0) is 31.0 Å². The second-order valence-electron chi connectivity index (χ2n) is 5.81. The van der Waals surface area contributed by atoms with Crippen molar-refractivity contribution in [2.24, 2.45) is 0 Å². The van der Waals surface area contributed by atoms with Crippen molar-refractivity contribution >= 4 is 21.7 Å². The molecule has 1 heterocycles. The summed E-state index contributed by atoms with van der Waals surface area (Å²) < 4.78 is 8.51. The van der Waals surface area contributed by atoms with E-state index in [1.165, 1.54) is 12.8 Å². The van der Waals surface area contributed by atoms with Gasteiger partial charge in [-0.3, -0.25) is 0 Å². The Hall–Kier alpha value is -1.49. The van der Waals surface area contributed by atoms with Gasteiger partial charge in [0, 0.05) is 22.0 Å². The summed E-state index contributed by atoms with van der Waals surface area (Å²) in [6.45, 7) is 4.32. The number of methoxy groups -OCH3 is 1. The number of hydrogen-bond donors (Lipinski definition) is 1. The average Bonchev–Trinajstić information content (AvgIpc) is 3.23. The summed E-state index contributed by atoms with van der Waals surface area (Å²) in [5, 5.41) is 0. The van der Waals surface area contributed by atoms with Crippen molar-refractivity contribution in [1.29, 1.82) is 0 Å². The third-order valence-corrected chi connectivity index (χ3v) is 4.52. The molecule has 4 nitrogen and oxygen atoms in total. The molecule has 3 rings (SSSR count). The van der Waals surface area contributed by atoms with E-state index in [1.54, 1.807) is 7.11 Å². The Morgan fingerprint density at radius 3 is 2.67 bits per heavy atom. The Bertz CT molecular complexity index is 674. The number of ether oxygens (including phenoxy) is 1. The molecule has 0 atom stereocenters. The zero-order valence-electron chi connectivity index (χ0n) is 12.6. The normalized spacial score (nSPS) is 14.7. The third-order valence-electron chi connectivity index (χ3n) is 3.83. The van der Waals surface area contributed by atoms with Gasteiger partial charge in [0.05, 0.1) is 7.11 Å². The van der Waals surface area contributed by atoms with E-state index in [9.17, 15) is 0 Å². The molecule has 2 aromatic rings. The summed E-state index contributed by atoms with van der Waals surface area (Å²) in [7, 11) is 1.67. The van der Waals surface area contributed by atoms with Crippen molar-refractivity contribution in [3.8, 4) is 17.0 Å². The molecule has 0 saturated heterocycles. The molecular weight excluding hydrogens is 330 g/mol. The standard InChI is InChI=1S/C16H20BrN3O/c1-9(2)16-19-14(15(18)20(16)10-4-5-10)12-8-11(21-3)6-7-13(12)17/h6-10H,4-5,18H2,1-3H3. The van der Waals surface area contributed by atoms with E-state index in [1.807, 2.05) is 18.2 Å². The van der Waals surface area contributed by atoms with Gasteiger partial charge in [0.2, 0.25) is 0 Å². The number of rotatable bonds is 4. The lowest BCUT2D eigenvalue weighted by molar-refractivity contribution is 0.415. The van der Waals surface area contributed by atoms with Crippen molar-refractivity contribution in [2.45, 2.75) is 38.6 Å². The van der Waals surface area contributed by atoms with E-state index in [2.05, 4.69) is 34.3 Å². The first-order valence-electron chi connectivity index (χ1n) is 7.24. The van der Waals surface area contributed by atoms with Crippen molar-refractivity contribution in [2.75, 3.05) is 12.8 Å². The van der Waals surface area contributed by atoms with Gasteiger partial charge < -0.3 is 15.0 Å². The number of nitrogens with zero attached hydrogens (tertiary/aromatic N) is 2. The van der Waals surface area contributed by atoms with Gasteiger partial charge in [0.25, 0.3) is 0 Å². The Morgan fingerprint density at radius 1 is 1.38 bits per heavy atom. The van der Waals surface area contributed by atoms with Gasteiger partial charge in [-0.2, -0.15) is 0 Å². The number of nitrogen functional groups attached to an aromatic ring is 1. The molecule has 1 aliphatic rings. The van der Waals surface area contributed by atoms with Crippen molar-refractivity contribution in [3.63, 3.8) is 0 Å². The minimum atomic E-state index is 0.353. The van der Waals surface area contributed by atoms with Crippen LogP contribution in [0.15, 0.2) is 22.7 Å². The van der Waals surface area contributed by atoms with Crippen LogP contribution >= 0.6 is 15.9 Å². The minimum absolute atomic E-state index is 0.353. The van der Waals surface area contributed by atoms with Crippen LogP contribution < -0.4 is 10.5 Å². The van der Waals surface area contributed by atoms with E-state index < -0.39 is 0 Å². The van der Waals surface area contributed by atoms with Gasteiger partial charge in [-0.1, -0.05) is 29.8 Å². The lowest BCUT2D eigenvalue weighted by Crippen LogP contribution is -2.06. The summed E-state index contributed by atoms with van der Waals surface area (Å²) in [6.07, 6.45) is 2.39. The predicted molar refractivity (Wildman–Crippen MR) is 88.7 cm³/mol. The molecule has 2 N–H and O–H groups in total. The van der Waals surface area contributed by atoms with Gasteiger partial charge in [0.15, 0.2) is 0 Å². The van der Waals surface area contributed by atoms with Crippen LogP contribution in [0.1, 0.15) is 44.5 Å². The lowest BCUT2D eigenvalue weighted by Gasteiger charge is -2.10. The zero-order chi connectivity index (χ0) is 15.1. The fourth-order valence-corrected chi connectivity index (χ4v) is 3.03. The van der Waals surface area contributed by atoms with Crippen LogP contribution in [0.2, 0.25) is 0 Å². The van der Waals surface area contributed by atoms with E-state index >= 15 is 0 Å². The first-order chi connectivity index (χ1) is 10.0. The summed E-state index contributed by atoms with van der Waals surface area (Å²) in [5.41, 5.74) is 8.24. The highest BCUT2D eigenvalue weighted by Crippen LogP contribution is 2.43. The topological polar surface area (TPSA) is 53.1 Å². The van der Waals surface area contributed by atoms with Crippen LogP contribution in [0.25, 0.3) is 11.3 Å². The zero-order valence-corrected chi connectivity index (χ0v) is 14.1. The molecule has 0 unspecified atom stereocenters. The number of anilines is 1. The maximum Gasteiger partial charge on any atom is 0.132 e. The van der Waals surface area contributed by atoms with Gasteiger partial charge in [0.1, 0.15) is 23.1 Å². The van der Waals surface area contributed by atoms with Gasteiger partial charge in [-0.15, -0.1) is 0 Å². The molecule has 112 valence electrons. The molecule has 0 amide bonds. The molecule has 1 aliphatic carbocycles. The molecule has 5 heteroatoms. The van der Waals surface area contributed by atoms with Crippen LogP contribution in [0.3, 0.4) is 0 Å². The molecule has 1 aromatic heterocycles. The summed E-state index contributed by atoms with van der Waals surface area (Å²) in [5.74, 6) is 2.99. The number of aromatic nitrogens is 2. The summed E-state index contributed by atoms with van der Waals surface area (Å²) in [6, 6.07) is 6.39. The number of imidazole rings is 1. The predicted octanol–water partition coefficient (Wildman–Crippen LogP) is 4.36. The van der Waals surface area contributed by atoms with Crippen molar-refractivity contribution in [3.05, 3.63) is 28.5 Å². The van der Waals surface area contributed by atoms with Crippen LogP contribution in [0, 0.1) is 0 Å². The number of hydrogen-bond acceptors (Lipinski definition) is 3. The molecule has 0 spiro atoms. The fourth-order valence-electron chi connectivity index (χ4n) is 2.60. The van der Waals surface area contributed by atoms with Crippen LogP contribution in [-0.2, 0) is 0 Å². The average molecular weight is 350 g/mol. The first-order valence-corrected chi connectivity index (χ1v) is 8.03. The summed E-state index contributed by atoms with van der Waals surface area (Å²) >= 11 is 3.59. The Morgan fingerprint density at radius 2 is 2.10 bits per heavy atom. The minimum Gasteiger partial charge on any atom is -0.497 e. The first kappa shape index (κ1) is 14.4. The van der Waals surface area contributed by atoms with E-state index in [0.29, 0.717) is 12.0 Å². The fraction of sp³-hybridized carbons (Fsp3) is 0.438. The maximum atomic E-state index is 6.41. The molecule has 0 aliphatic heterocycles. The molecule has 21 heavy (non-hydrogen) atoms. The Labute approximate surface area is 133 Å². The van der Waals surface area contributed by atoms with E-state index in [0.717, 1.165) is 33.1 Å². The molecule has 1 aromatic carbocycles. The molecule has 1 saturated carbocycles. The lowest BCUT2D eigenvalue weighted by atomic mass is 10.1. The van der Waals surface area contributed by atoms with Crippen molar-refractivity contribution < 1.29 is 4.74 Å². The van der Waals surface area contributed by atoms with Gasteiger partial charge >= 0.3 is 0 Å². The van der Waals surface area contributed by atoms with E-state index in [-0.39, 0.29) is 0 Å². The Kier molecular flexibility index (Phi) is 3.69. The monoisotopic (exact) mass is 349 g/mol. The second-order valence-corrected chi connectivity index (χ2v) is 6.66. The number of benzene rings is 1. The number of nitrogens with two attached hydrogens (primary N) is 1. The SMILES string of the molecule is COc1ccc(Br)c(-c2nc(C(C)C)n(C3CC3)c2N)c1. The smallest absolute Gasteiger partial charge is 0.132 e. The summed E-state index contributed by atoms with van der Waals surface area (Å²) in [4.78, 5) is 4.83. The highest BCUT2D eigenvalue weighted by molar-refractivity contribution is 9.10. The largest absolute Gasteiger partial charge is 0.497 e. The second kappa shape index (κ2) is 5.37. The molecule has 0 radical (unpaired) electrons. The van der Waals surface area contributed by atoms with Crippen LogP contribution in [0.4, 0.5) is 5.82 Å². The van der Waals surface area contributed by atoms with Crippen LogP contribution in [0.5, 0.6) is 5.75 Å². The van der Waals surface area contributed by atoms with Crippen LogP contribution in [-0.4, -0.2) is 16.7 Å². The highest BCUT2D eigenvalue weighted by Gasteiger charge is 2.31. The molecular formula is C16H20BrN3O. The van der Waals surface area contributed by atoms with Crippen molar-refractivity contribution in [1.82, 2.24) is 9.55 Å².